The summed E-state index contributed by atoms with van der Waals surface area (Å²) in [5.41, 5.74) is 0.926. The Morgan fingerprint density at radius 3 is 3.00 bits per heavy atom. The van der Waals surface area contributed by atoms with Crippen LogP contribution in [-0.2, 0) is 11.2 Å². The molecule has 1 aromatic carbocycles. The predicted molar refractivity (Wildman–Crippen MR) is 56.5 cm³/mol. The highest BCUT2D eigenvalue weighted by molar-refractivity contribution is 9.10. The summed E-state index contributed by atoms with van der Waals surface area (Å²) in [6.07, 6.45) is 0.307. The highest BCUT2D eigenvalue weighted by atomic mass is 79.9. The number of nitriles is 1. The van der Waals surface area contributed by atoms with Crippen LogP contribution in [0.2, 0.25) is 0 Å². The third-order valence-electron chi connectivity index (χ3n) is 1.62. The van der Waals surface area contributed by atoms with Crippen molar-refractivity contribution >= 4 is 21.8 Å². The summed E-state index contributed by atoms with van der Waals surface area (Å²) in [6, 6.07) is 9.38. The lowest BCUT2D eigenvalue weighted by molar-refractivity contribution is -0.120. The van der Waals surface area contributed by atoms with Gasteiger partial charge in [0.15, 0.2) is 0 Å². The molecule has 4 heteroatoms. The monoisotopic (exact) mass is 252 g/mol. The van der Waals surface area contributed by atoms with E-state index in [1.54, 1.807) is 0 Å². The first-order valence-corrected chi connectivity index (χ1v) is 4.90. The molecule has 0 aromatic heterocycles. The minimum absolute atomic E-state index is 0.0623. The number of hydrogen-bond donors (Lipinski definition) is 1. The molecule has 0 aliphatic carbocycles. The van der Waals surface area contributed by atoms with Gasteiger partial charge in [-0.15, -0.1) is 0 Å². The van der Waals surface area contributed by atoms with Crippen LogP contribution in [-0.4, -0.2) is 12.5 Å². The van der Waals surface area contributed by atoms with E-state index in [1.165, 1.54) is 0 Å². The third-order valence-corrected chi connectivity index (χ3v) is 2.11. The number of carbonyl (C=O) groups is 1. The highest BCUT2D eigenvalue weighted by Gasteiger charge is 2.02. The molecule has 0 spiro atoms. The standard InChI is InChI=1S/C10H9BrN2O/c11-9-3-1-2-8(6-9)7-10(14)13-5-4-12/h1-3,6H,5,7H2,(H,13,14). The molecule has 1 amide bonds. The van der Waals surface area contributed by atoms with Gasteiger partial charge in [-0.25, -0.2) is 0 Å². The summed E-state index contributed by atoms with van der Waals surface area (Å²) >= 11 is 3.32. The Kier molecular flexibility index (Phi) is 4.14. The van der Waals surface area contributed by atoms with Crippen LogP contribution in [0.3, 0.4) is 0 Å². The normalized spacial score (nSPS) is 9.14. The van der Waals surface area contributed by atoms with E-state index in [0.717, 1.165) is 10.0 Å². The Hall–Kier alpha value is -1.34. The van der Waals surface area contributed by atoms with Gasteiger partial charge < -0.3 is 5.32 Å². The third kappa shape index (κ3) is 3.58. The smallest absolute Gasteiger partial charge is 0.225 e. The molecule has 0 radical (unpaired) electrons. The summed E-state index contributed by atoms with van der Waals surface area (Å²) in [5, 5.41) is 10.7. The van der Waals surface area contributed by atoms with Gasteiger partial charge in [0.05, 0.1) is 12.5 Å². The molecular weight excluding hydrogens is 244 g/mol. The second-order valence-electron chi connectivity index (χ2n) is 2.74. The quantitative estimate of drug-likeness (QED) is 0.832. The van der Waals surface area contributed by atoms with Gasteiger partial charge in [0.25, 0.3) is 0 Å². The summed E-state index contributed by atoms with van der Waals surface area (Å²) in [4.78, 5) is 11.2. The molecule has 0 atom stereocenters. The summed E-state index contributed by atoms with van der Waals surface area (Å²) in [7, 11) is 0. The zero-order valence-corrected chi connectivity index (χ0v) is 9.04. The molecule has 14 heavy (non-hydrogen) atoms. The van der Waals surface area contributed by atoms with E-state index < -0.39 is 0 Å². The van der Waals surface area contributed by atoms with E-state index in [4.69, 9.17) is 5.26 Å². The van der Waals surface area contributed by atoms with Gasteiger partial charge in [0.2, 0.25) is 5.91 Å². The first-order valence-electron chi connectivity index (χ1n) is 4.10. The number of nitrogens with zero attached hydrogens (tertiary/aromatic N) is 1. The van der Waals surface area contributed by atoms with Crippen molar-refractivity contribution in [2.24, 2.45) is 0 Å². The fourth-order valence-electron chi connectivity index (χ4n) is 1.03. The van der Waals surface area contributed by atoms with Gasteiger partial charge in [-0.05, 0) is 17.7 Å². The van der Waals surface area contributed by atoms with Crippen molar-refractivity contribution in [3.8, 4) is 6.07 Å². The molecule has 1 rings (SSSR count). The first kappa shape index (κ1) is 10.7. The molecular formula is C10H9BrN2O. The Morgan fingerprint density at radius 1 is 1.57 bits per heavy atom. The average Bonchev–Trinajstić information content (AvgIpc) is 2.15. The van der Waals surface area contributed by atoms with E-state index in [1.807, 2.05) is 30.3 Å². The SMILES string of the molecule is N#CCNC(=O)Cc1cccc(Br)c1. The fraction of sp³-hybridized carbons (Fsp3) is 0.200. The van der Waals surface area contributed by atoms with E-state index in [9.17, 15) is 4.79 Å². The number of benzene rings is 1. The molecule has 72 valence electrons. The van der Waals surface area contributed by atoms with Crippen LogP contribution in [0.15, 0.2) is 28.7 Å². The molecule has 3 nitrogen and oxygen atoms in total. The molecule has 0 saturated heterocycles. The number of carbonyl (C=O) groups excluding carboxylic acids is 1. The maximum absolute atomic E-state index is 11.2. The Balaban J connectivity index is 2.53. The minimum atomic E-state index is -0.135. The van der Waals surface area contributed by atoms with Crippen LogP contribution < -0.4 is 5.32 Å². The molecule has 1 N–H and O–H groups in total. The van der Waals surface area contributed by atoms with Gasteiger partial charge in [0, 0.05) is 4.47 Å². The molecule has 0 aliphatic rings. The molecule has 0 heterocycles. The topological polar surface area (TPSA) is 52.9 Å². The van der Waals surface area contributed by atoms with E-state index in [-0.39, 0.29) is 12.5 Å². The van der Waals surface area contributed by atoms with Crippen molar-refractivity contribution in [2.75, 3.05) is 6.54 Å². The lowest BCUT2D eigenvalue weighted by atomic mass is 10.1. The lowest BCUT2D eigenvalue weighted by Crippen LogP contribution is -2.25. The summed E-state index contributed by atoms with van der Waals surface area (Å²) < 4.78 is 0.947. The molecule has 0 bridgehead atoms. The van der Waals surface area contributed by atoms with Gasteiger partial charge in [-0.1, -0.05) is 28.1 Å². The number of hydrogen-bond acceptors (Lipinski definition) is 2. The van der Waals surface area contributed by atoms with Crippen LogP contribution in [0.25, 0.3) is 0 Å². The van der Waals surface area contributed by atoms with E-state index in [0.29, 0.717) is 6.42 Å². The summed E-state index contributed by atoms with van der Waals surface area (Å²) in [6.45, 7) is 0.0623. The molecule has 0 fully saturated rings. The zero-order chi connectivity index (χ0) is 10.4. The van der Waals surface area contributed by atoms with E-state index in [2.05, 4.69) is 21.2 Å². The largest absolute Gasteiger partial charge is 0.343 e. The zero-order valence-electron chi connectivity index (χ0n) is 7.46. The second kappa shape index (κ2) is 5.40. The maximum atomic E-state index is 11.2. The number of amides is 1. The van der Waals surface area contributed by atoms with Gasteiger partial charge in [-0.2, -0.15) is 5.26 Å². The molecule has 0 saturated carbocycles. The van der Waals surface area contributed by atoms with Crippen molar-refractivity contribution < 1.29 is 4.79 Å². The van der Waals surface area contributed by atoms with Gasteiger partial charge in [0.1, 0.15) is 6.54 Å². The van der Waals surface area contributed by atoms with Crippen LogP contribution in [0.4, 0.5) is 0 Å². The van der Waals surface area contributed by atoms with Crippen molar-refractivity contribution in [2.45, 2.75) is 6.42 Å². The number of rotatable bonds is 3. The summed E-state index contributed by atoms with van der Waals surface area (Å²) in [5.74, 6) is -0.135. The second-order valence-corrected chi connectivity index (χ2v) is 3.66. The Labute approximate surface area is 90.9 Å². The van der Waals surface area contributed by atoms with Crippen molar-refractivity contribution in [3.05, 3.63) is 34.3 Å². The maximum Gasteiger partial charge on any atom is 0.225 e. The molecule has 0 aliphatic heterocycles. The molecule has 1 aromatic rings. The van der Waals surface area contributed by atoms with Crippen LogP contribution in [0, 0.1) is 11.3 Å². The number of halogens is 1. The van der Waals surface area contributed by atoms with Crippen LogP contribution in [0.1, 0.15) is 5.56 Å². The Morgan fingerprint density at radius 2 is 2.36 bits per heavy atom. The Bertz CT molecular complexity index is 371. The van der Waals surface area contributed by atoms with Crippen LogP contribution >= 0.6 is 15.9 Å². The van der Waals surface area contributed by atoms with Crippen molar-refractivity contribution in [1.82, 2.24) is 5.32 Å². The predicted octanol–water partition coefficient (Wildman–Crippen LogP) is 1.63. The average molecular weight is 253 g/mol. The van der Waals surface area contributed by atoms with Crippen molar-refractivity contribution in [1.29, 1.82) is 5.26 Å². The first-order chi connectivity index (χ1) is 6.72. The minimum Gasteiger partial charge on any atom is -0.343 e. The number of nitrogens with one attached hydrogen (secondary N) is 1. The van der Waals surface area contributed by atoms with Gasteiger partial charge in [-0.3, -0.25) is 4.79 Å². The molecule has 0 unspecified atom stereocenters. The fourth-order valence-corrected chi connectivity index (χ4v) is 1.48. The van der Waals surface area contributed by atoms with Crippen molar-refractivity contribution in [3.63, 3.8) is 0 Å². The van der Waals surface area contributed by atoms with Gasteiger partial charge >= 0.3 is 0 Å². The van der Waals surface area contributed by atoms with Crippen LogP contribution in [0.5, 0.6) is 0 Å². The van der Waals surface area contributed by atoms with E-state index >= 15 is 0 Å². The lowest BCUT2D eigenvalue weighted by Gasteiger charge is -2.01. The highest BCUT2D eigenvalue weighted by Crippen LogP contribution is 2.11.